The van der Waals surface area contributed by atoms with Crippen molar-refractivity contribution in [3.8, 4) is 0 Å². The first kappa shape index (κ1) is 11.4. The lowest BCUT2D eigenvalue weighted by atomic mass is 9.97. The molecule has 0 fully saturated rings. The summed E-state index contributed by atoms with van der Waals surface area (Å²) in [5, 5.41) is 3.08. The number of nitrogens with zero attached hydrogens (tertiary/aromatic N) is 2. The van der Waals surface area contributed by atoms with Gasteiger partial charge in [-0.05, 0) is 5.41 Å². The third-order valence-corrected chi connectivity index (χ3v) is 1.71. The minimum Gasteiger partial charge on any atom is -0.366 e. The third kappa shape index (κ3) is 3.93. The summed E-state index contributed by atoms with van der Waals surface area (Å²) in [4.78, 5) is 18.7. The minimum atomic E-state index is -0.516. The minimum absolute atomic E-state index is 0.158. The van der Waals surface area contributed by atoms with Gasteiger partial charge in [-0.25, -0.2) is 9.97 Å². The predicted molar refractivity (Wildman–Crippen MR) is 58.5 cm³/mol. The van der Waals surface area contributed by atoms with Crippen molar-refractivity contribution in [1.82, 2.24) is 9.97 Å². The highest BCUT2D eigenvalue weighted by molar-refractivity contribution is 5.92. The van der Waals surface area contributed by atoms with Gasteiger partial charge in [0.15, 0.2) is 0 Å². The largest absolute Gasteiger partial charge is 0.366 e. The fraction of sp³-hybridized carbons (Fsp3) is 0.500. The van der Waals surface area contributed by atoms with E-state index in [2.05, 4.69) is 36.1 Å². The van der Waals surface area contributed by atoms with Crippen LogP contribution >= 0.6 is 0 Å². The first-order chi connectivity index (χ1) is 6.88. The van der Waals surface area contributed by atoms with Crippen LogP contribution in [-0.4, -0.2) is 22.4 Å². The van der Waals surface area contributed by atoms with E-state index in [0.29, 0.717) is 11.5 Å². The van der Waals surface area contributed by atoms with E-state index >= 15 is 0 Å². The maximum Gasteiger partial charge on any atom is 0.251 e. The van der Waals surface area contributed by atoms with Crippen molar-refractivity contribution in [2.24, 2.45) is 11.1 Å². The Morgan fingerprint density at radius 2 is 1.93 bits per heavy atom. The first-order valence-electron chi connectivity index (χ1n) is 4.74. The lowest BCUT2D eigenvalue weighted by molar-refractivity contribution is 0.0999. The highest BCUT2D eigenvalue weighted by Gasteiger charge is 2.10. The molecule has 5 heteroatoms. The molecule has 0 spiro atoms. The Bertz CT molecular complexity index is 339. The molecule has 0 radical (unpaired) electrons. The number of nitrogens with two attached hydrogens (primary N) is 1. The quantitative estimate of drug-likeness (QED) is 0.777. The molecule has 1 amide bonds. The Morgan fingerprint density at radius 3 is 2.33 bits per heavy atom. The predicted octanol–water partition coefficient (Wildman–Crippen LogP) is 1.03. The summed E-state index contributed by atoms with van der Waals surface area (Å²) in [6.45, 7) is 7.09. The molecular weight excluding hydrogens is 192 g/mol. The van der Waals surface area contributed by atoms with Crippen molar-refractivity contribution < 1.29 is 4.79 Å². The number of rotatable bonds is 3. The van der Waals surface area contributed by atoms with Crippen LogP contribution in [0, 0.1) is 5.41 Å². The van der Waals surface area contributed by atoms with Gasteiger partial charge in [-0.2, -0.15) is 0 Å². The van der Waals surface area contributed by atoms with Gasteiger partial charge in [0.05, 0.1) is 5.56 Å². The monoisotopic (exact) mass is 208 g/mol. The van der Waals surface area contributed by atoms with Crippen LogP contribution in [0.25, 0.3) is 0 Å². The number of primary amides is 1. The van der Waals surface area contributed by atoms with Crippen LogP contribution in [0.5, 0.6) is 0 Å². The van der Waals surface area contributed by atoms with Crippen LogP contribution in [0.3, 0.4) is 0 Å². The van der Waals surface area contributed by atoms with E-state index in [4.69, 9.17) is 5.73 Å². The number of amides is 1. The molecule has 0 saturated heterocycles. The summed E-state index contributed by atoms with van der Waals surface area (Å²) in [6, 6.07) is 0. The molecular formula is C10H16N4O. The summed E-state index contributed by atoms with van der Waals surface area (Å²) in [5.74, 6) is -0.00713. The molecule has 3 N–H and O–H groups in total. The topological polar surface area (TPSA) is 80.9 Å². The summed E-state index contributed by atoms with van der Waals surface area (Å²) < 4.78 is 0. The van der Waals surface area contributed by atoms with Gasteiger partial charge in [0.1, 0.15) is 0 Å². The molecule has 0 unspecified atom stereocenters. The molecule has 1 aromatic rings. The molecule has 0 aliphatic carbocycles. The molecule has 82 valence electrons. The molecule has 0 aromatic carbocycles. The Balaban J connectivity index is 2.61. The SMILES string of the molecule is CC(C)(C)CNc1ncc(C(N)=O)cn1. The van der Waals surface area contributed by atoms with Gasteiger partial charge in [0.2, 0.25) is 5.95 Å². The van der Waals surface area contributed by atoms with Crippen molar-refractivity contribution in [1.29, 1.82) is 0 Å². The van der Waals surface area contributed by atoms with Crippen LogP contribution in [0.15, 0.2) is 12.4 Å². The maximum absolute atomic E-state index is 10.8. The van der Waals surface area contributed by atoms with Crippen molar-refractivity contribution in [3.05, 3.63) is 18.0 Å². The van der Waals surface area contributed by atoms with Crippen LogP contribution in [0.4, 0.5) is 5.95 Å². The number of nitrogens with one attached hydrogen (secondary N) is 1. The summed E-state index contributed by atoms with van der Waals surface area (Å²) >= 11 is 0. The van der Waals surface area contributed by atoms with Crippen molar-refractivity contribution in [2.45, 2.75) is 20.8 Å². The molecule has 0 aliphatic rings. The van der Waals surface area contributed by atoms with Gasteiger partial charge in [-0.1, -0.05) is 20.8 Å². The van der Waals surface area contributed by atoms with Crippen LogP contribution in [-0.2, 0) is 0 Å². The lowest BCUT2D eigenvalue weighted by Gasteiger charge is -2.18. The number of carbonyl (C=O) groups excluding carboxylic acids is 1. The molecule has 1 heterocycles. The molecule has 0 bridgehead atoms. The second-order valence-electron chi connectivity index (χ2n) is 4.57. The Labute approximate surface area is 89.1 Å². The van der Waals surface area contributed by atoms with Gasteiger partial charge in [0.25, 0.3) is 5.91 Å². The average molecular weight is 208 g/mol. The number of aromatic nitrogens is 2. The summed E-state index contributed by atoms with van der Waals surface area (Å²) in [7, 11) is 0. The van der Waals surface area contributed by atoms with Gasteiger partial charge in [-0.3, -0.25) is 4.79 Å². The van der Waals surface area contributed by atoms with Gasteiger partial charge >= 0.3 is 0 Å². The van der Waals surface area contributed by atoms with E-state index in [0.717, 1.165) is 6.54 Å². The van der Waals surface area contributed by atoms with Gasteiger partial charge < -0.3 is 11.1 Å². The number of hydrogen-bond donors (Lipinski definition) is 2. The van der Waals surface area contributed by atoms with Crippen molar-refractivity contribution in [3.63, 3.8) is 0 Å². The van der Waals surface area contributed by atoms with E-state index in [1.807, 2.05) is 0 Å². The maximum atomic E-state index is 10.8. The second-order valence-corrected chi connectivity index (χ2v) is 4.57. The Hall–Kier alpha value is -1.65. The van der Waals surface area contributed by atoms with Crippen LogP contribution < -0.4 is 11.1 Å². The van der Waals surface area contributed by atoms with E-state index < -0.39 is 5.91 Å². The standard InChI is InChI=1S/C10H16N4O/c1-10(2,3)6-14-9-12-4-7(5-13-9)8(11)15/h4-5H,6H2,1-3H3,(H2,11,15)(H,12,13,14). The van der Waals surface area contributed by atoms with Gasteiger partial charge in [-0.15, -0.1) is 0 Å². The fourth-order valence-electron chi connectivity index (χ4n) is 0.891. The van der Waals surface area contributed by atoms with E-state index in [1.54, 1.807) is 0 Å². The molecule has 0 atom stereocenters. The van der Waals surface area contributed by atoms with Crippen molar-refractivity contribution >= 4 is 11.9 Å². The normalized spacial score (nSPS) is 11.1. The summed E-state index contributed by atoms with van der Waals surface area (Å²) in [6.07, 6.45) is 2.83. The van der Waals surface area contributed by atoms with E-state index in [-0.39, 0.29) is 5.41 Å². The lowest BCUT2D eigenvalue weighted by Crippen LogP contribution is -2.20. The molecule has 5 nitrogen and oxygen atoms in total. The van der Waals surface area contributed by atoms with E-state index in [1.165, 1.54) is 12.4 Å². The Kier molecular flexibility index (Phi) is 3.24. The smallest absolute Gasteiger partial charge is 0.251 e. The van der Waals surface area contributed by atoms with E-state index in [9.17, 15) is 4.79 Å². The average Bonchev–Trinajstić information content (AvgIpc) is 2.14. The zero-order valence-electron chi connectivity index (χ0n) is 9.24. The molecule has 15 heavy (non-hydrogen) atoms. The van der Waals surface area contributed by atoms with Crippen molar-refractivity contribution in [2.75, 3.05) is 11.9 Å². The van der Waals surface area contributed by atoms with Crippen LogP contribution in [0.1, 0.15) is 31.1 Å². The second kappa shape index (κ2) is 4.25. The molecule has 1 rings (SSSR count). The number of carbonyl (C=O) groups is 1. The zero-order chi connectivity index (χ0) is 11.5. The first-order valence-corrected chi connectivity index (χ1v) is 4.74. The molecule has 1 aromatic heterocycles. The Morgan fingerprint density at radius 1 is 1.40 bits per heavy atom. The molecule has 0 aliphatic heterocycles. The molecule has 0 saturated carbocycles. The highest BCUT2D eigenvalue weighted by Crippen LogP contribution is 2.12. The van der Waals surface area contributed by atoms with Crippen LogP contribution in [0.2, 0.25) is 0 Å². The highest BCUT2D eigenvalue weighted by atomic mass is 16.1. The summed E-state index contributed by atoms with van der Waals surface area (Å²) in [5.41, 5.74) is 5.54. The zero-order valence-corrected chi connectivity index (χ0v) is 9.24. The number of anilines is 1. The third-order valence-electron chi connectivity index (χ3n) is 1.71. The number of hydrogen-bond acceptors (Lipinski definition) is 4. The fourth-order valence-corrected chi connectivity index (χ4v) is 0.891. The van der Waals surface area contributed by atoms with Gasteiger partial charge in [0, 0.05) is 18.9 Å².